The molecule has 2 N–H and O–H groups in total. The standard InChI is InChI=1S/C14H18N2OS/c1-2-9-16(12-7-8-12)14(17)11-5-3-10(4-6-11)13(15)18/h3-6,12H,2,7-9H2,1H3,(H2,15,18). The molecule has 1 fully saturated rings. The van der Waals surface area contributed by atoms with Gasteiger partial charge in [0.05, 0.1) is 0 Å². The van der Waals surface area contributed by atoms with Crippen LogP contribution in [0.15, 0.2) is 24.3 Å². The fraction of sp³-hybridized carbons (Fsp3) is 0.429. The number of benzene rings is 1. The Morgan fingerprint density at radius 3 is 2.33 bits per heavy atom. The topological polar surface area (TPSA) is 46.3 Å². The van der Waals surface area contributed by atoms with E-state index in [1.807, 2.05) is 29.2 Å². The highest BCUT2D eigenvalue weighted by Crippen LogP contribution is 2.28. The predicted octanol–water partition coefficient (Wildman–Crippen LogP) is 2.34. The van der Waals surface area contributed by atoms with Crippen LogP contribution < -0.4 is 5.73 Å². The molecule has 1 aliphatic rings. The predicted molar refractivity (Wildman–Crippen MR) is 76.7 cm³/mol. The minimum absolute atomic E-state index is 0.119. The first kappa shape index (κ1) is 13.0. The van der Waals surface area contributed by atoms with Crippen molar-refractivity contribution >= 4 is 23.1 Å². The fourth-order valence-corrected chi connectivity index (χ4v) is 2.16. The Kier molecular flexibility index (Phi) is 3.97. The molecule has 1 aliphatic carbocycles. The molecule has 0 radical (unpaired) electrons. The summed E-state index contributed by atoms with van der Waals surface area (Å²) in [4.78, 5) is 14.7. The first-order valence-corrected chi connectivity index (χ1v) is 6.75. The van der Waals surface area contributed by atoms with Gasteiger partial charge >= 0.3 is 0 Å². The van der Waals surface area contributed by atoms with Crippen molar-refractivity contribution in [3.8, 4) is 0 Å². The molecule has 0 saturated heterocycles. The summed E-state index contributed by atoms with van der Waals surface area (Å²) in [5, 5.41) is 0. The second-order valence-electron chi connectivity index (χ2n) is 4.67. The minimum Gasteiger partial charge on any atom is -0.389 e. The average molecular weight is 262 g/mol. The zero-order chi connectivity index (χ0) is 13.1. The molecule has 0 atom stereocenters. The van der Waals surface area contributed by atoms with E-state index < -0.39 is 0 Å². The van der Waals surface area contributed by atoms with E-state index in [9.17, 15) is 4.79 Å². The lowest BCUT2D eigenvalue weighted by molar-refractivity contribution is 0.0743. The van der Waals surface area contributed by atoms with E-state index in [-0.39, 0.29) is 5.91 Å². The monoisotopic (exact) mass is 262 g/mol. The van der Waals surface area contributed by atoms with Gasteiger partial charge in [0.25, 0.3) is 5.91 Å². The quantitative estimate of drug-likeness (QED) is 0.828. The van der Waals surface area contributed by atoms with Crippen molar-refractivity contribution in [3.63, 3.8) is 0 Å². The molecule has 4 heteroatoms. The van der Waals surface area contributed by atoms with E-state index in [4.69, 9.17) is 18.0 Å². The third kappa shape index (κ3) is 2.88. The lowest BCUT2D eigenvalue weighted by Crippen LogP contribution is -2.33. The number of nitrogens with two attached hydrogens (primary N) is 1. The molecule has 96 valence electrons. The van der Waals surface area contributed by atoms with Gasteiger partial charge < -0.3 is 10.6 Å². The van der Waals surface area contributed by atoms with Crippen LogP contribution in [0.5, 0.6) is 0 Å². The number of thiocarbonyl (C=S) groups is 1. The summed E-state index contributed by atoms with van der Waals surface area (Å²) in [6.07, 6.45) is 3.26. The molecule has 1 amide bonds. The van der Waals surface area contributed by atoms with Crippen LogP contribution in [0.1, 0.15) is 42.1 Å². The Bertz CT molecular complexity index is 451. The van der Waals surface area contributed by atoms with Crippen molar-refractivity contribution in [1.29, 1.82) is 0 Å². The van der Waals surface area contributed by atoms with Crippen molar-refractivity contribution in [3.05, 3.63) is 35.4 Å². The molecular formula is C14H18N2OS. The molecule has 0 heterocycles. The summed E-state index contributed by atoms with van der Waals surface area (Å²) < 4.78 is 0. The van der Waals surface area contributed by atoms with Crippen LogP contribution in [0.3, 0.4) is 0 Å². The van der Waals surface area contributed by atoms with Gasteiger partial charge in [0.2, 0.25) is 0 Å². The smallest absolute Gasteiger partial charge is 0.254 e. The highest BCUT2D eigenvalue weighted by atomic mass is 32.1. The molecular weight excluding hydrogens is 244 g/mol. The number of amides is 1. The number of hydrogen-bond acceptors (Lipinski definition) is 2. The lowest BCUT2D eigenvalue weighted by Gasteiger charge is -2.21. The molecule has 1 saturated carbocycles. The average Bonchev–Trinajstić information content (AvgIpc) is 3.19. The molecule has 0 bridgehead atoms. The number of carbonyl (C=O) groups is 1. The summed E-state index contributed by atoms with van der Waals surface area (Å²) in [7, 11) is 0. The molecule has 0 aliphatic heterocycles. The van der Waals surface area contributed by atoms with E-state index in [1.165, 1.54) is 0 Å². The van der Waals surface area contributed by atoms with Crippen molar-refractivity contribution in [2.45, 2.75) is 32.2 Å². The van der Waals surface area contributed by atoms with Crippen LogP contribution in [0, 0.1) is 0 Å². The maximum absolute atomic E-state index is 12.4. The van der Waals surface area contributed by atoms with Crippen LogP contribution in [0.2, 0.25) is 0 Å². The summed E-state index contributed by atoms with van der Waals surface area (Å²) in [5.41, 5.74) is 7.06. The molecule has 3 nitrogen and oxygen atoms in total. The molecule has 0 aromatic heterocycles. The minimum atomic E-state index is 0.119. The van der Waals surface area contributed by atoms with Gasteiger partial charge in [-0.3, -0.25) is 4.79 Å². The van der Waals surface area contributed by atoms with Gasteiger partial charge in [0.1, 0.15) is 4.99 Å². The SMILES string of the molecule is CCCN(C(=O)c1ccc(C(N)=S)cc1)C1CC1. The van der Waals surface area contributed by atoms with Gasteiger partial charge in [0.15, 0.2) is 0 Å². The Hall–Kier alpha value is -1.42. The second-order valence-corrected chi connectivity index (χ2v) is 5.11. The molecule has 0 unspecified atom stereocenters. The van der Waals surface area contributed by atoms with Gasteiger partial charge in [-0.25, -0.2) is 0 Å². The normalized spacial score (nSPS) is 14.3. The Morgan fingerprint density at radius 2 is 1.89 bits per heavy atom. The van der Waals surface area contributed by atoms with Crippen LogP contribution in [-0.4, -0.2) is 28.4 Å². The van der Waals surface area contributed by atoms with Gasteiger partial charge in [-0.2, -0.15) is 0 Å². The van der Waals surface area contributed by atoms with Crippen LogP contribution >= 0.6 is 12.2 Å². The van der Waals surface area contributed by atoms with Crippen LogP contribution in [0.4, 0.5) is 0 Å². The van der Waals surface area contributed by atoms with E-state index >= 15 is 0 Å². The number of hydrogen-bond donors (Lipinski definition) is 1. The summed E-state index contributed by atoms with van der Waals surface area (Å²) in [6, 6.07) is 7.69. The van der Waals surface area contributed by atoms with Crippen molar-refractivity contribution in [2.75, 3.05) is 6.54 Å². The van der Waals surface area contributed by atoms with Gasteiger partial charge in [0, 0.05) is 23.7 Å². The van der Waals surface area contributed by atoms with Gasteiger partial charge in [-0.1, -0.05) is 31.3 Å². The number of carbonyl (C=O) groups excluding carboxylic acids is 1. The zero-order valence-electron chi connectivity index (χ0n) is 10.6. The third-order valence-corrected chi connectivity index (χ3v) is 3.37. The number of rotatable bonds is 5. The van der Waals surface area contributed by atoms with Crippen molar-refractivity contribution in [1.82, 2.24) is 4.90 Å². The highest BCUT2D eigenvalue weighted by Gasteiger charge is 2.32. The van der Waals surface area contributed by atoms with Gasteiger partial charge in [-0.05, 0) is 31.4 Å². The molecule has 1 aromatic rings. The Labute approximate surface area is 113 Å². The molecule has 2 rings (SSSR count). The van der Waals surface area contributed by atoms with E-state index in [1.54, 1.807) is 0 Å². The largest absolute Gasteiger partial charge is 0.389 e. The third-order valence-electron chi connectivity index (χ3n) is 3.13. The summed E-state index contributed by atoms with van der Waals surface area (Å²) in [6.45, 7) is 2.93. The lowest BCUT2D eigenvalue weighted by atomic mass is 10.1. The molecule has 18 heavy (non-hydrogen) atoms. The first-order valence-electron chi connectivity index (χ1n) is 6.34. The van der Waals surface area contributed by atoms with E-state index in [2.05, 4.69) is 6.92 Å². The summed E-state index contributed by atoms with van der Waals surface area (Å²) in [5.74, 6) is 0.119. The first-order chi connectivity index (χ1) is 8.63. The molecule has 0 spiro atoms. The molecule has 1 aromatic carbocycles. The maximum atomic E-state index is 12.4. The Morgan fingerprint density at radius 1 is 1.33 bits per heavy atom. The van der Waals surface area contributed by atoms with E-state index in [0.29, 0.717) is 11.0 Å². The van der Waals surface area contributed by atoms with E-state index in [0.717, 1.165) is 36.9 Å². The van der Waals surface area contributed by atoms with Crippen LogP contribution in [0.25, 0.3) is 0 Å². The Balaban J connectivity index is 2.13. The van der Waals surface area contributed by atoms with Crippen molar-refractivity contribution < 1.29 is 4.79 Å². The highest BCUT2D eigenvalue weighted by molar-refractivity contribution is 7.80. The number of nitrogens with zero attached hydrogens (tertiary/aromatic N) is 1. The van der Waals surface area contributed by atoms with Crippen LogP contribution in [-0.2, 0) is 0 Å². The fourth-order valence-electron chi connectivity index (χ4n) is 2.02. The van der Waals surface area contributed by atoms with Gasteiger partial charge in [-0.15, -0.1) is 0 Å². The maximum Gasteiger partial charge on any atom is 0.254 e. The van der Waals surface area contributed by atoms with Crippen molar-refractivity contribution in [2.24, 2.45) is 5.73 Å². The summed E-state index contributed by atoms with van der Waals surface area (Å²) >= 11 is 4.90. The zero-order valence-corrected chi connectivity index (χ0v) is 11.4. The second kappa shape index (κ2) is 5.48.